The summed E-state index contributed by atoms with van der Waals surface area (Å²) < 4.78 is 8.95. The largest absolute Gasteiger partial charge is 0.393 e. The monoisotopic (exact) mass is 533 g/mol. The highest BCUT2D eigenvalue weighted by Crippen LogP contribution is 2.21. The summed E-state index contributed by atoms with van der Waals surface area (Å²) in [6, 6.07) is 5.29. The second-order valence-electron chi connectivity index (χ2n) is 9.87. The van der Waals surface area contributed by atoms with Gasteiger partial charge in [-0.1, -0.05) is 0 Å². The van der Waals surface area contributed by atoms with E-state index in [0.717, 1.165) is 17.7 Å². The Kier molecular flexibility index (Phi) is 7.37. The van der Waals surface area contributed by atoms with Crippen molar-refractivity contribution >= 4 is 23.1 Å². The smallest absolute Gasteiger partial charge is 0.294 e. The van der Waals surface area contributed by atoms with E-state index >= 15 is 0 Å². The third-order valence-corrected chi connectivity index (χ3v) is 6.71. The van der Waals surface area contributed by atoms with Gasteiger partial charge in [-0.3, -0.25) is 28.6 Å². The molecule has 1 unspecified atom stereocenters. The van der Waals surface area contributed by atoms with Gasteiger partial charge in [0.15, 0.2) is 5.65 Å². The first-order valence-corrected chi connectivity index (χ1v) is 12.6. The number of carbonyl (C=O) groups excluding carboxylic acids is 2. The van der Waals surface area contributed by atoms with E-state index in [4.69, 9.17) is 4.74 Å². The molecule has 0 bridgehead atoms. The third kappa shape index (κ3) is 5.79. The van der Waals surface area contributed by atoms with E-state index in [1.807, 2.05) is 32.3 Å². The summed E-state index contributed by atoms with van der Waals surface area (Å²) in [6.45, 7) is 6.45. The van der Waals surface area contributed by atoms with Gasteiger partial charge >= 0.3 is 0 Å². The Morgan fingerprint density at radius 1 is 1.18 bits per heavy atom. The van der Waals surface area contributed by atoms with Gasteiger partial charge in [0.2, 0.25) is 5.82 Å². The number of aryl methyl sites for hydroxylation is 2. The molecule has 3 N–H and O–H groups in total. The minimum Gasteiger partial charge on any atom is -0.393 e. The first-order chi connectivity index (χ1) is 18.7. The number of aliphatic hydroxyl groups excluding tert-OH is 1. The number of aromatic nitrogens is 6. The zero-order chi connectivity index (χ0) is 27.6. The SMILES string of the molecule is Cc1ncc(C(=O)NCCN2CCOC(C)(CO)C2)cc1NC(=O)c1nnc2cc(-c3cnn(C)c3)ccn12. The normalized spacial score (nSPS) is 17.8. The summed E-state index contributed by atoms with van der Waals surface area (Å²) in [7, 11) is 1.84. The van der Waals surface area contributed by atoms with Crippen molar-refractivity contribution in [2.24, 2.45) is 7.05 Å². The van der Waals surface area contributed by atoms with Crippen LogP contribution in [0.5, 0.6) is 0 Å². The highest BCUT2D eigenvalue weighted by Gasteiger charge is 2.31. The second-order valence-corrected chi connectivity index (χ2v) is 9.87. The van der Waals surface area contributed by atoms with E-state index in [-0.39, 0.29) is 18.3 Å². The number of rotatable bonds is 8. The molecule has 5 rings (SSSR count). The van der Waals surface area contributed by atoms with Crippen molar-refractivity contribution in [2.45, 2.75) is 19.4 Å². The van der Waals surface area contributed by atoms with Crippen LogP contribution < -0.4 is 10.6 Å². The highest BCUT2D eigenvalue weighted by molar-refractivity contribution is 6.03. The Hall–Kier alpha value is -4.20. The van der Waals surface area contributed by atoms with Crippen LogP contribution in [0.1, 0.15) is 33.6 Å². The predicted molar refractivity (Wildman–Crippen MR) is 142 cm³/mol. The van der Waals surface area contributed by atoms with Crippen molar-refractivity contribution in [3.05, 3.63) is 60.1 Å². The Morgan fingerprint density at radius 2 is 2.03 bits per heavy atom. The Morgan fingerprint density at radius 3 is 2.79 bits per heavy atom. The lowest BCUT2D eigenvalue weighted by Crippen LogP contribution is -2.53. The average molecular weight is 534 g/mol. The number of pyridine rings is 2. The molecule has 0 radical (unpaired) electrons. The van der Waals surface area contributed by atoms with Crippen LogP contribution in [0.3, 0.4) is 0 Å². The van der Waals surface area contributed by atoms with E-state index in [0.29, 0.717) is 48.8 Å². The van der Waals surface area contributed by atoms with Gasteiger partial charge in [0.25, 0.3) is 11.8 Å². The Labute approximate surface area is 224 Å². The fraction of sp³-hybridized carbons (Fsp3) is 0.385. The summed E-state index contributed by atoms with van der Waals surface area (Å²) in [5, 5.41) is 27.6. The quantitative estimate of drug-likeness (QED) is 0.300. The minimum absolute atomic E-state index is 0.0591. The van der Waals surface area contributed by atoms with Gasteiger partial charge in [0.1, 0.15) is 5.60 Å². The van der Waals surface area contributed by atoms with Gasteiger partial charge in [-0.2, -0.15) is 5.10 Å². The van der Waals surface area contributed by atoms with Crippen molar-refractivity contribution in [3.8, 4) is 11.1 Å². The number of nitrogens with zero attached hydrogens (tertiary/aromatic N) is 7. The summed E-state index contributed by atoms with van der Waals surface area (Å²) in [5.41, 5.74) is 3.05. The van der Waals surface area contributed by atoms with Crippen molar-refractivity contribution in [3.63, 3.8) is 0 Å². The molecular formula is C26H31N9O4. The van der Waals surface area contributed by atoms with Gasteiger partial charge in [-0.05, 0) is 37.6 Å². The Balaban J connectivity index is 1.23. The molecule has 0 aliphatic carbocycles. The molecule has 4 aromatic heterocycles. The average Bonchev–Trinajstić information content (AvgIpc) is 3.56. The van der Waals surface area contributed by atoms with Gasteiger partial charge < -0.3 is 20.5 Å². The van der Waals surface area contributed by atoms with Crippen LogP contribution in [-0.2, 0) is 11.8 Å². The van der Waals surface area contributed by atoms with Crippen LogP contribution in [0, 0.1) is 6.92 Å². The fourth-order valence-corrected chi connectivity index (χ4v) is 4.49. The number of nitrogens with one attached hydrogen (secondary N) is 2. The zero-order valence-electron chi connectivity index (χ0n) is 22.1. The molecular weight excluding hydrogens is 502 g/mol. The number of anilines is 1. The molecule has 0 spiro atoms. The molecule has 0 saturated carbocycles. The van der Waals surface area contributed by atoms with Crippen LogP contribution in [-0.4, -0.2) is 96.2 Å². The van der Waals surface area contributed by atoms with Crippen LogP contribution >= 0.6 is 0 Å². The summed E-state index contributed by atoms with van der Waals surface area (Å²) in [4.78, 5) is 32.3. The van der Waals surface area contributed by atoms with Crippen LogP contribution in [0.15, 0.2) is 43.0 Å². The zero-order valence-corrected chi connectivity index (χ0v) is 22.1. The number of hydrogen-bond donors (Lipinski definition) is 3. The summed E-state index contributed by atoms with van der Waals surface area (Å²) in [5.74, 6) is -0.664. The van der Waals surface area contributed by atoms with Gasteiger partial charge in [-0.15, -0.1) is 10.2 Å². The first kappa shape index (κ1) is 26.4. The summed E-state index contributed by atoms with van der Waals surface area (Å²) >= 11 is 0. The van der Waals surface area contributed by atoms with Crippen molar-refractivity contribution in [1.29, 1.82) is 0 Å². The number of fused-ring (bicyclic) bond motifs is 1. The minimum atomic E-state index is -0.590. The molecule has 1 aliphatic rings. The van der Waals surface area contributed by atoms with E-state index in [1.54, 1.807) is 34.5 Å². The molecule has 1 saturated heterocycles. The van der Waals surface area contributed by atoms with E-state index in [2.05, 4.69) is 35.8 Å². The molecule has 4 aromatic rings. The van der Waals surface area contributed by atoms with E-state index in [1.165, 1.54) is 6.20 Å². The maximum atomic E-state index is 13.1. The lowest BCUT2D eigenvalue weighted by Gasteiger charge is -2.39. The van der Waals surface area contributed by atoms with Gasteiger partial charge in [0.05, 0.1) is 36.4 Å². The third-order valence-electron chi connectivity index (χ3n) is 6.71. The maximum absolute atomic E-state index is 13.1. The van der Waals surface area contributed by atoms with Crippen LogP contribution in [0.25, 0.3) is 16.8 Å². The number of aliphatic hydroxyl groups is 1. The van der Waals surface area contributed by atoms with E-state index in [9.17, 15) is 14.7 Å². The highest BCUT2D eigenvalue weighted by atomic mass is 16.5. The number of amides is 2. The topological polar surface area (TPSA) is 152 Å². The predicted octanol–water partition coefficient (Wildman–Crippen LogP) is 0.899. The van der Waals surface area contributed by atoms with Crippen LogP contribution in [0.2, 0.25) is 0 Å². The number of hydrogen-bond acceptors (Lipinski definition) is 9. The fourth-order valence-electron chi connectivity index (χ4n) is 4.49. The number of carbonyl (C=O) groups is 2. The number of ether oxygens (including phenoxy) is 1. The van der Waals surface area contributed by atoms with E-state index < -0.39 is 11.5 Å². The molecule has 13 heteroatoms. The van der Waals surface area contributed by atoms with Crippen molar-refractivity contribution in [1.82, 2.24) is 39.6 Å². The summed E-state index contributed by atoms with van der Waals surface area (Å²) in [6.07, 6.45) is 6.86. The Bertz CT molecular complexity index is 1510. The lowest BCUT2D eigenvalue weighted by atomic mass is 10.1. The molecule has 2 amide bonds. The van der Waals surface area contributed by atoms with Gasteiger partial charge in [-0.25, -0.2) is 0 Å². The molecule has 1 atom stereocenters. The standard InChI is InChI=1S/C26H31N9O4/c1-17-21(10-19(12-28-17)24(37)27-5-7-34-8-9-39-26(2,15-34)16-36)30-25(38)23-32-31-22-11-18(4-6-35(22)23)20-13-29-33(3)14-20/h4,6,10-14,36H,5,7-9,15-16H2,1-3H3,(H,27,37)(H,30,38). The molecule has 13 nitrogen and oxygen atoms in total. The van der Waals surface area contributed by atoms with Gasteiger partial charge in [0, 0.05) is 57.4 Å². The number of morpholine rings is 1. The molecule has 39 heavy (non-hydrogen) atoms. The van der Waals surface area contributed by atoms with Crippen LogP contribution in [0.4, 0.5) is 5.69 Å². The first-order valence-electron chi connectivity index (χ1n) is 12.6. The molecule has 1 fully saturated rings. The molecule has 5 heterocycles. The molecule has 1 aliphatic heterocycles. The second kappa shape index (κ2) is 10.9. The molecule has 0 aromatic carbocycles. The molecule has 204 valence electrons. The van der Waals surface area contributed by atoms with Crippen molar-refractivity contribution < 1.29 is 19.4 Å². The van der Waals surface area contributed by atoms with Crippen molar-refractivity contribution in [2.75, 3.05) is 44.7 Å². The maximum Gasteiger partial charge on any atom is 0.294 e. The lowest BCUT2D eigenvalue weighted by molar-refractivity contribution is -0.121.